The second-order valence-corrected chi connectivity index (χ2v) is 9.45. The second kappa shape index (κ2) is 11.0. The molecule has 1 saturated heterocycles. The fraction of sp³-hybridized carbons (Fsp3) is 0.345. The maximum Gasteiger partial charge on any atom is 0.348 e. The SMILES string of the molecule is CCOC(=O)C1=C(C)Nc2[nH]c(=O)nc(N3CCN(CCc4ccccc4)CC3)c2[C@@H]1c1ccccc1. The van der Waals surface area contributed by atoms with Gasteiger partial charge < -0.3 is 15.0 Å². The summed E-state index contributed by atoms with van der Waals surface area (Å²) in [7, 11) is 0. The van der Waals surface area contributed by atoms with E-state index < -0.39 is 11.6 Å². The number of hydrogen-bond donors (Lipinski definition) is 2. The van der Waals surface area contributed by atoms with Crippen LogP contribution in [0.15, 0.2) is 76.7 Å². The first-order valence-corrected chi connectivity index (χ1v) is 12.9. The zero-order valence-corrected chi connectivity index (χ0v) is 21.4. The lowest BCUT2D eigenvalue weighted by atomic mass is 9.81. The Kier molecular flexibility index (Phi) is 7.37. The number of aromatic nitrogens is 2. The Labute approximate surface area is 217 Å². The highest BCUT2D eigenvalue weighted by molar-refractivity contribution is 5.95. The number of ether oxygens (including phenoxy) is 1. The van der Waals surface area contributed by atoms with Crippen LogP contribution in [0.2, 0.25) is 0 Å². The highest BCUT2D eigenvalue weighted by Crippen LogP contribution is 2.44. The fourth-order valence-corrected chi connectivity index (χ4v) is 5.27. The van der Waals surface area contributed by atoms with Gasteiger partial charge in [-0.1, -0.05) is 60.7 Å². The van der Waals surface area contributed by atoms with Crippen LogP contribution in [0, 0.1) is 0 Å². The Balaban J connectivity index is 1.45. The van der Waals surface area contributed by atoms with Crippen LogP contribution in [0.4, 0.5) is 11.6 Å². The second-order valence-electron chi connectivity index (χ2n) is 9.45. The van der Waals surface area contributed by atoms with E-state index >= 15 is 0 Å². The smallest absolute Gasteiger partial charge is 0.348 e. The number of H-pyrrole nitrogens is 1. The van der Waals surface area contributed by atoms with E-state index in [0.29, 0.717) is 22.9 Å². The zero-order valence-electron chi connectivity index (χ0n) is 21.4. The molecule has 1 fully saturated rings. The van der Waals surface area contributed by atoms with Crippen LogP contribution in [-0.4, -0.2) is 60.2 Å². The summed E-state index contributed by atoms with van der Waals surface area (Å²) < 4.78 is 5.46. The van der Waals surface area contributed by atoms with Gasteiger partial charge in [0.1, 0.15) is 11.6 Å². The van der Waals surface area contributed by atoms with Crippen LogP contribution >= 0.6 is 0 Å². The molecule has 2 aromatic carbocycles. The van der Waals surface area contributed by atoms with Crippen molar-refractivity contribution in [3.8, 4) is 0 Å². The number of allylic oxidation sites excluding steroid dienone is 1. The van der Waals surface area contributed by atoms with Gasteiger partial charge in [-0.2, -0.15) is 4.98 Å². The van der Waals surface area contributed by atoms with Crippen molar-refractivity contribution in [1.82, 2.24) is 14.9 Å². The summed E-state index contributed by atoms with van der Waals surface area (Å²) in [5.41, 5.74) is 3.88. The van der Waals surface area contributed by atoms with Gasteiger partial charge in [0, 0.05) is 44.0 Å². The molecule has 1 atom stereocenters. The number of esters is 1. The summed E-state index contributed by atoms with van der Waals surface area (Å²) in [6, 6.07) is 20.4. The number of hydrogen-bond acceptors (Lipinski definition) is 7. The van der Waals surface area contributed by atoms with E-state index in [1.807, 2.05) is 43.3 Å². The van der Waals surface area contributed by atoms with Gasteiger partial charge in [-0.15, -0.1) is 0 Å². The van der Waals surface area contributed by atoms with Crippen LogP contribution in [0.5, 0.6) is 0 Å². The molecule has 8 heteroatoms. The third kappa shape index (κ3) is 5.29. The average molecular weight is 500 g/mol. The van der Waals surface area contributed by atoms with E-state index in [2.05, 4.69) is 49.4 Å². The lowest BCUT2D eigenvalue weighted by Gasteiger charge is -2.38. The number of anilines is 2. The lowest BCUT2D eigenvalue weighted by Crippen LogP contribution is -2.48. The number of piperazine rings is 1. The molecule has 2 N–H and O–H groups in total. The largest absolute Gasteiger partial charge is 0.463 e. The summed E-state index contributed by atoms with van der Waals surface area (Å²) in [5, 5.41) is 3.26. The molecule has 0 radical (unpaired) electrons. The molecule has 0 amide bonds. The van der Waals surface area contributed by atoms with Crippen LogP contribution in [-0.2, 0) is 16.0 Å². The Hall–Kier alpha value is -3.91. The van der Waals surface area contributed by atoms with Crippen LogP contribution < -0.4 is 15.9 Å². The molecule has 0 saturated carbocycles. The first kappa shape index (κ1) is 24.8. The van der Waals surface area contributed by atoms with Crippen molar-refractivity contribution < 1.29 is 9.53 Å². The minimum absolute atomic E-state index is 0.283. The van der Waals surface area contributed by atoms with Gasteiger partial charge in [0.25, 0.3) is 0 Å². The summed E-state index contributed by atoms with van der Waals surface area (Å²) in [4.78, 5) is 37.7. The molecule has 2 aliphatic heterocycles. The molecule has 2 aliphatic rings. The summed E-state index contributed by atoms with van der Waals surface area (Å²) in [6.45, 7) is 8.16. The van der Waals surface area contributed by atoms with E-state index in [1.54, 1.807) is 6.92 Å². The molecule has 5 rings (SSSR count). The van der Waals surface area contributed by atoms with Gasteiger partial charge in [-0.25, -0.2) is 9.59 Å². The highest BCUT2D eigenvalue weighted by atomic mass is 16.5. The number of nitrogens with one attached hydrogen (secondary N) is 2. The van der Waals surface area contributed by atoms with Crippen molar-refractivity contribution in [1.29, 1.82) is 0 Å². The van der Waals surface area contributed by atoms with Gasteiger partial charge in [-0.3, -0.25) is 9.88 Å². The maximum absolute atomic E-state index is 13.2. The molecule has 0 spiro atoms. The Bertz CT molecular complexity index is 1330. The molecular weight excluding hydrogens is 466 g/mol. The summed E-state index contributed by atoms with van der Waals surface area (Å²) in [5.74, 6) is 0.430. The monoisotopic (exact) mass is 499 g/mol. The highest BCUT2D eigenvalue weighted by Gasteiger charge is 2.37. The number of carbonyl (C=O) groups excluding carboxylic acids is 1. The number of nitrogens with zero attached hydrogens (tertiary/aromatic N) is 3. The quantitative estimate of drug-likeness (QED) is 0.481. The minimum atomic E-state index is -0.410. The van der Waals surface area contributed by atoms with E-state index in [-0.39, 0.29) is 12.6 Å². The summed E-state index contributed by atoms with van der Waals surface area (Å²) in [6.07, 6.45) is 1.01. The lowest BCUT2D eigenvalue weighted by molar-refractivity contribution is -0.138. The molecule has 3 aromatic rings. The average Bonchev–Trinajstić information content (AvgIpc) is 2.92. The first-order valence-electron chi connectivity index (χ1n) is 12.9. The molecule has 37 heavy (non-hydrogen) atoms. The standard InChI is InChI=1S/C29H33N5O3/c1-3-37-28(35)23-20(2)30-26-25(24(23)22-12-8-5-9-13-22)27(32-29(36)31-26)34-18-16-33(17-19-34)15-14-21-10-6-4-7-11-21/h4-13,24H,3,14-19H2,1-2H3,(H2,30,31,32,36)/t24-/m1/s1. The van der Waals surface area contributed by atoms with Crippen molar-refractivity contribution in [2.75, 3.05) is 49.5 Å². The topological polar surface area (TPSA) is 90.6 Å². The van der Waals surface area contributed by atoms with E-state index in [9.17, 15) is 9.59 Å². The van der Waals surface area contributed by atoms with Gasteiger partial charge in [0.15, 0.2) is 0 Å². The molecule has 3 heterocycles. The van der Waals surface area contributed by atoms with Gasteiger partial charge in [-0.05, 0) is 31.4 Å². The van der Waals surface area contributed by atoms with Crippen molar-refractivity contribution in [3.63, 3.8) is 0 Å². The molecule has 0 aliphatic carbocycles. The number of fused-ring (bicyclic) bond motifs is 1. The molecule has 0 bridgehead atoms. The third-order valence-electron chi connectivity index (χ3n) is 7.10. The Morgan fingerprint density at radius 2 is 1.70 bits per heavy atom. The van der Waals surface area contributed by atoms with Crippen LogP contribution in [0.3, 0.4) is 0 Å². The van der Waals surface area contributed by atoms with E-state index in [0.717, 1.165) is 50.3 Å². The third-order valence-corrected chi connectivity index (χ3v) is 7.10. The fourth-order valence-electron chi connectivity index (χ4n) is 5.27. The molecule has 1 aromatic heterocycles. The Morgan fingerprint density at radius 1 is 1.03 bits per heavy atom. The van der Waals surface area contributed by atoms with Gasteiger partial charge >= 0.3 is 11.7 Å². The molecular formula is C29H33N5O3. The zero-order chi connectivity index (χ0) is 25.8. The number of carbonyl (C=O) groups is 1. The normalized spacial score (nSPS) is 17.8. The van der Waals surface area contributed by atoms with E-state index in [4.69, 9.17) is 4.74 Å². The predicted octanol–water partition coefficient (Wildman–Crippen LogP) is 3.53. The van der Waals surface area contributed by atoms with Crippen molar-refractivity contribution in [3.05, 3.63) is 99.1 Å². The van der Waals surface area contributed by atoms with Crippen LogP contribution in [0.25, 0.3) is 0 Å². The minimum Gasteiger partial charge on any atom is -0.463 e. The first-order chi connectivity index (χ1) is 18.0. The van der Waals surface area contributed by atoms with Crippen molar-refractivity contribution >= 4 is 17.6 Å². The van der Waals surface area contributed by atoms with Gasteiger partial charge in [0.2, 0.25) is 0 Å². The molecule has 0 unspecified atom stereocenters. The van der Waals surface area contributed by atoms with Crippen LogP contribution in [0.1, 0.15) is 36.5 Å². The predicted molar refractivity (Wildman–Crippen MR) is 145 cm³/mol. The number of benzene rings is 2. The van der Waals surface area contributed by atoms with E-state index in [1.165, 1.54) is 5.56 Å². The Morgan fingerprint density at radius 3 is 2.38 bits per heavy atom. The van der Waals surface area contributed by atoms with Gasteiger partial charge in [0.05, 0.1) is 18.1 Å². The van der Waals surface area contributed by atoms with Crippen molar-refractivity contribution in [2.45, 2.75) is 26.2 Å². The molecule has 192 valence electrons. The maximum atomic E-state index is 13.2. The number of rotatable bonds is 7. The molecule has 8 nitrogen and oxygen atoms in total. The van der Waals surface area contributed by atoms with Crippen molar-refractivity contribution in [2.24, 2.45) is 0 Å². The summed E-state index contributed by atoms with van der Waals surface area (Å²) >= 11 is 0. The number of aromatic amines is 1.